The van der Waals surface area contributed by atoms with Gasteiger partial charge in [-0.2, -0.15) is 4.98 Å². The van der Waals surface area contributed by atoms with Crippen LogP contribution < -0.4 is 9.64 Å². The third kappa shape index (κ3) is 3.90. The average Bonchev–Trinajstić information content (AvgIpc) is 3.04. The fraction of sp³-hybridized carbons (Fsp3) is 0.278. The van der Waals surface area contributed by atoms with E-state index in [0.717, 1.165) is 22.9 Å². The van der Waals surface area contributed by atoms with Crippen molar-refractivity contribution in [2.75, 3.05) is 11.9 Å². The van der Waals surface area contributed by atoms with E-state index in [1.165, 1.54) is 0 Å². The number of aromatic nitrogens is 4. The maximum absolute atomic E-state index is 5.59. The molecular formula is C18H21N5O. The molecule has 0 unspecified atom stereocenters. The number of imidazole rings is 1. The molecule has 124 valence electrons. The summed E-state index contributed by atoms with van der Waals surface area (Å²) >= 11 is 0. The summed E-state index contributed by atoms with van der Waals surface area (Å²) < 4.78 is 5.59. The molecule has 2 heterocycles. The van der Waals surface area contributed by atoms with Crippen molar-refractivity contribution in [1.82, 2.24) is 19.9 Å². The van der Waals surface area contributed by atoms with Crippen LogP contribution in [-0.2, 0) is 6.54 Å². The van der Waals surface area contributed by atoms with Gasteiger partial charge in [-0.05, 0) is 19.4 Å². The highest BCUT2D eigenvalue weighted by atomic mass is 16.5. The molecule has 2 aromatic heterocycles. The Hall–Kier alpha value is -2.89. The largest absolute Gasteiger partial charge is 0.474 e. The first-order valence-electron chi connectivity index (χ1n) is 7.91. The fourth-order valence-electron chi connectivity index (χ4n) is 2.33. The highest BCUT2D eigenvalue weighted by Crippen LogP contribution is 2.18. The summed E-state index contributed by atoms with van der Waals surface area (Å²) in [5.41, 5.74) is 2.12. The van der Waals surface area contributed by atoms with Crippen molar-refractivity contribution in [3.8, 4) is 17.1 Å². The minimum atomic E-state index is 0.0679. The van der Waals surface area contributed by atoms with Gasteiger partial charge in [-0.1, -0.05) is 30.3 Å². The summed E-state index contributed by atoms with van der Waals surface area (Å²) in [6.45, 7) is 4.53. The number of benzene rings is 1. The first kappa shape index (κ1) is 16.0. The Labute approximate surface area is 141 Å². The lowest BCUT2D eigenvalue weighted by molar-refractivity contribution is 0.231. The maximum atomic E-state index is 5.59. The number of aromatic amines is 1. The van der Waals surface area contributed by atoms with Crippen LogP contribution in [0.4, 0.5) is 5.82 Å². The Bertz CT molecular complexity index is 785. The van der Waals surface area contributed by atoms with E-state index in [1.807, 2.05) is 50.2 Å². The van der Waals surface area contributed by atoms with Crippen LogP contribution in [0.25, 0.3) is 11.3 Å². The van der Waals surface area contributed by atoms with Gasteiger partial charge in [-0.3, -0.25) is 4.98 Å². The number of nitrogens with zero attached hydrogens (tertiary/aromatic N) is 4. The van der Waals surface area contributed by atoms with E-state index in [-0.39, 0.29) is 6.10 Å². The van der Waals surface area contributed by atoms with Gasteiger partial charge in [0.1, 0.15) is 5.82 Å². The number of hydrogen-bond donors (Lipinski definition) is 1. The smallest absolute Gasteiger partial charge is 0.234 e. The Balaban J connectivity index is 1.71. The zero-order chi connectivity index (χ0) is 16.9. The van der Waals surface area contributed by atoms with Crippen molar-refractivity contribution in [1.29, 1.82) is 0 Å². The third-order valence-corrected chi connectivity index (χ3v) is 3.45. The molecule has 3 rings (SSSR count). The minimum Gasteiger partial charge on any atom is -0.474 e. The molecule has 0 bridgehead atoms. The lowest BCUT2D eigenvalue weighted by Gasteiger charge is -2.17. The summed E-state index contributed by atoms with van der Waals surface area (Å²) in [5.74, 6) is 2.14. The number of nitrogens with one attached hydrogen (secondary N) is 1. The van der Waals surface area contributed by atoms with Crippen LogP contribution in [-0.4, -0.2) is 33.1 Å². The minimum absolute atomic E-state index is 0.0679. The summed E-state index contributed by atoms with van der Waals surface area (Å²) in [6, 6.07) is 10.1. The second kappa shape index (κ2) is 7.12. The van der Waals surface area contributed by atoms with E-state index in [1.54, 1.807) is 12.4 Å². The van der Waals surface area contributed by atoms with Crippen LogP contribution >= 0.6 is 0 Å². The number of H-pyrrole nitrogens is 1. The van der Waals surface area contributed by atoms with E-state index in [9.17, 15) is 0 Å². The van der Waals surface area contributed by atoms with Crippen molar-refractivity contribution < 1.29 is 4.74 Å². The van der Waals surface area contributed by atoms with Crippen molar-refractivity contribution in [2.24, 2.45) is 0 Å². The van der Waals surface area contributed by atoms with E-state index in [4.69, 9.17) is 4.74 Å². The molecule has 0 atom stereocenters. The number of anilines is 1. The highest BCUT2D eigenvalue weighted by Gasteiger charge is 2.10. The van der Waals surface area contributed by atoms with Crippen molar-refractivity contribution in [2.45, 2.75) is 26.5 Å². The Morgan fingerprint density at radius 1 is 1.12 bits per heavy atom. The first-order chi connectivity index (χ1) is 11.6. The molecule has 0 fully saturated rings. The van der Waals surface area contributed by atoms with Gasteiger partial charge in [-0.25, -0.2) is 4.98 Å². The van der Waals surface area contributed by atoms with Crippen LogP contribution in [0.3, 0.4) is 0 Å². The third-order valence-electron chi connectivity index (χ3n) is 3.45. The second-order valence-corrected chi connectivity index (χ2v) is 5.85. The van der Waals surface area contributed by atoms with Gasteiger partial charge in [0, 0.05) is 7.05 Å². The number of ether oxygens (including phenoxy) is 1. The Kier molecular flexibility index (Phi) is 4.74. The molecule has 0 amide bonds. The average molecular weight is 323 g/mol. The summed E-state index contributed by atoms with van der Waals surface area (Å²) in [4.78, 5) is 18.4. The molecule has 0 spiro atoms. The molecule has 1 N–H and O–H groups in total. The topological polar surface area (TPSA) is 66.9 Å². The molecule has 3 aromatic rings. The van der Waals surface area contributed by atoms with Crippen LogP contribution in [0.2, 0.25) is 0 Å². The Morgan fingerprint density at radius 2 is 1.92 bits per heavy atom. The molecule has 0 saturated carbocycles. The van der Waals surface area contributed by atoms with E-state index in [0.29, 0.717) is 12.4 Å². The summed E-state index contributed by atoms with van der Waals surface area (Å²) in [7, 11) is 1.95. The molecule has 6 nitrogen and oxygen atoms in total. The van der Waals surface area contributed by atoms with Crippen LogP contribution in [0.15, 0.2) is 48.9 Å². The van der Waals surface area contributed by atoms with Gasteiger partial charge in [0.2, 0.25) is 5.88 Å². The summed E-state index contributed by atoms with van der Waals surface area (Å²) in [5, 5.41) is 0. The molecule has 0 aliphatic heterocycles. The van der Waals surface area contributed by atoms with Crippen LogP contribution in [0.5, 0.6) is 5.88 Å². The molecule has 0 saturated heterocycles. The monoisotopic (exact) mass is 323 g/mol. The van der Waals surface area contributed by atoms with Crippen LogP contribution in [0.1, 0.15) is 19.7 Å². The molecule has 6 heteroatoms. The van der Waals surface area contributed by atoms with E-state index >= 15 is 0 Å². The van der Waals surface area contributed by atoms with Crippen molar-refractivity contribution in [3.63, 3.8) is 0 Å². The van der Waals surface area contributed by atoms with Gasteiger partial charge < -0.3 is 14.6 Å². The standard InChI is InChI=1S/C18H21N5O/c1-13(2)24-18-11-19-10-17(22-18)23(3)12-16-20-9-15(21-16)14-7-5-4-6-8-14/h4-11,13H,12H2,1-3H3,(H,20,21). The van der Waals surface area contributed by atoms with Gasteiger partial charge in [0.15, 0.2) is 5.82 Å². The quantitative estimate of drug-likeness (QED) is 0.754. The van der Waals surface area contributed by atoms with Crippen LogP contribution in [0, 0.1) is 0 Å². The lowest BCUT2D eigenvalue weighted by Crippen LogP contribution is -2.19. The molecule has 24 heavy (non-hydrogen) atoms. The zero-order valence-electron chi connectivity index (χ0n) is 14.1. The maximum Gasteiger partial charge on any atom is 0.234 e. The summed E-state index contributed by atoms with van der Waals surface area (Å²) in [6.07, 6.45) is 5.26. The van der Waals surface area contributed by atoms with Crippen molar-refractivity contribution in [3.05, 3.63) is 54.7 Å². The zero-order valence-corrected chi connectivity index (χ0v) is 14.1. The van der Waals surface area contributed by atoms with Gasteiger partial charge in [0.25, 0.3) is 0 Å². The van der Waals surface area contributed by atoms with Gasteiger partial charge in [0.05, 0.1) is 36.9 Å². The number of rotatable bonds is 6. The molecule has 0 radical (unpaired) electrons. The lowest BCUT2D eigenvalue weighted by atomic mass is 10.2. The fourth-order valence-corrected chi connectivity index (χ4v) is 2.33. The molecular weight excluding hydrogens is 302 g/mol. The second-order valence-electron chi connectivity index (χ2n) is 5.85. The predicted molar refractivity (Wildman–Crippen MR) is 93.9 cm³/mol. The number of hydrogen-bond acceptors (Lipinski definition) is 5. The SMILES string of the molecule is CC(C)Oc1cncc(N(C)Cc2ncc(-c3ccccc3)[nH]2)n1. The van der Waals surface area contributed by atoms with E-state index < -0.39 is 0 Å². The van der Waals surface area contributed by atoms with Gasteiger partial charge >= 0.3 is 0 Å². The molecule has 1 aromatic carbocycles. The van der Waals surface area contributed by atoms with Gasteiger partial charge in [-0.15, -0.1) is 0 Å². The first-order valence-corrected chi connectivity index (χ1v) is 7.91. The highest BCUT2D eigenvalue weighted by molar-refractivity contribution is 5.58. The molecule has 0 aliphatic rings. The Morgan fingerprint density at radius 3 is 2.67 bits per heavy atom. The molecule has 0 aliphatic carbocycles. The van der Waals surface area contributed by atoms with E-state index in [2.05, 4.69) is 32.1 Å². The predicted octanol–water partition coefficient (Wildman–Crippen LogP) is 3.29. The normalized spacial score (nSPS) is 10.8. The van der Waals surface area contributed by atoms with Crippen molar-refractivity contribution >= 4 is 5.82 Å².